The zero-order valence-electron chi connectivity index (χ0n) is 10.9. The van der Waals surface area contributed by atoms with E-state index in [4.69, 9.17) is 5.84 Å². The van der Waals surface area contributed by atoms with Crippen molar-refractivity contribution in [3.63, 3.8) is 0 Å². The minimum atomic E-state index is 0.573. The maximum absolute atomic E-state index is 5.29. The minimum absolute atomic E-state index is 0.573. The Morgan fingerprint density at radius 1 is 1.33 bits per heavy atom. The average Bonchev–Trinajstić information content (AvgIpc) is 2.93. The van der Waals surface area contributed by atoms with Crippen molar-refractivity contribution in [3.05, 3.63) is 12.4 Å². The fraction of sp³-hybridized carbons (Fsp3) is 0.667. The van der Waals surface area contributed by atoms with Crippen LogP contribution in [-0.2, 0) is 0 Å². The Labute approximate surface area is 108 Å². The molecule has 0 bridgehead atoms. The molecule has 0 aliphatic heterocycles. The monoisotopic (exact) mass is 250 g/mol. The zero-order chi connectivity index (χ0) is 12.8. The Morgan fingerprint density at radius 3 is 2.78 bits per heavy atom. The number of hydrogen-bond donors (Lipinski definition) is 3. The summed E-state index contributed by atoms with van der Waals surface area (Å²) in [7, 11) is 2.20. The highest BCUT2D eigenvalue weighted by molar-refractivity contribution is 5.40. The van der Waals surface area contributed by atoms with Gasteiger partial charge >= 0.3 is 0 Å². The van der Waals surface area contributed by atoms with E-state index in [9.17, 15) is 0 Å². The van der Waals surface area contributed by atoms with E-state index < -0.39 is 0 Å². The maximum Gasteiger partial charge on any atom is 0.160 e. The molecule has 0 amide bonds. The van der Waals surface area contributed by atoms with Gasteiger partial charge in [-0.25, -0.2) is 10.8 Å². The van der Waals surface area contributed by atoms with Gasteiger partial charge < -0.3 is 15.6 Å². The molecule has 6 nitrogen and oxygen atoms in total. The van der Waals surface area contributed by atoms with Crippen LogP contribution in [0.15, 0.2) is 12.4 Å². The highest BCUT2D eigenvalue weighted by Crippen LogP contribution is 2.21. The van der Waals surface area contributed by atoms with Crippen LogP contribution in [0.3, 0.4) is 0 Å². The van der Waals surface area contributed by atoms with Crippen molar-refractivity contribution in [1.29, 1.82) is 0 Å². The van der Waals surface area contributed by atoms with Gasteiger partial charge in [0.05, 0.1) is 12.4 Å². The Hall–Kier alpha value is -1.40. The second kappa shape index (κ2) is 6.51. The van der Waals surface area contributed by atoms with Gasteiger partial charge in [0.15, 0.2) is 5.82 Å². The summed E-state index contributed by atoms with van der Waals surface area (Å²) in [5.41, 5.74) is 2.49. The maximum atomic E-state index is 5.29. The number of anilines is 2. The number of nitrogens with zero attached hydrogens (tertiary/aromatic N) is 3. The average molecular weight is 250 g/mol. The molecular weight excluding hydrogens is 228 g/mol. The zero-order valence-corrected chi connectivity index (χ0v) is 10.9. The van der Waals surface area contributed by atoms with Crippen molar-refractivity contribution in [2.75, 3.05) is 30.9 Å². The number of nitrogens with two attached hydrogens (primary N) is 1. The molecule has 0 unspecified atom stereocenters. The summed E-state index contributed by atoms with van der Waals surface area (Å²) in [6.07, 6.45) is 8.72. The first-order chi connectivity index (χ1) is 8.79. The van der Waals surface area contributed by atoms with Crippen LogP contribution in [0, 0.1) is 0 Å². The van der Waals surface area contributed by atoms with Gasteiger partial charge in [-0.05, 0) is 19.9 Å². The molecule has 0 atom stereocenters. The molecule has 1 aliphatic carbocycles. The normalized spacial score (nSPS) is 16.2. The number of nitrogen functional groups attached to an aromatic ring is 1. The fourth-order valence-corrected chi connectivity index (χ4v) is 2.41. The molecule has 0 radical (unpaired) electrons. The Kier molecular flexibility index (Phi) is 4.72. The number of hydrazine groups is 1. The molecule has 100 valence electrons. The lowest BCUT2D eigenvalue weighted by Crippen LogP contribution is -2.33. The van der Waals surface area contributed by atoms with Crippen LogP contribution in [0.5, 0.6) is 0 Å². The van der Waals surface area contributed by atoms with Crippen molar-refractivity contribution >= 4 is 11.6 Å². The van der Waals surface area contributed by atoms with Gasteiger partial charge in [0.1, 0.15) is 5.82 Å². The highest BCUT2D eigenvalue weighted by Gasteiger charge is 2.18. The first-order valence-electron chi connectivity index (χ1n) is 6.52. The van der Waals surface area contributed by atoms with Crippen LogP contribution in [-0.4, -0.2) is 41.0 Å². The van der Waals surface area contributed by atoms with Crippen LogP contribution in [0.25, 0.3) is 0 Å². The summed E-state index contributed by atoms with van der Waals surface area (Å²) in [6.45, 7) is 1.89. The van der Waals surface area contributed by atoms with Crippen molar-refractivity contribution in [2.24, 2.45) is 5.84 Å². The topological polar surface area (TPSA) is 79.1 Å². The van der Waals surface area contributed by atoms with E-state index in [-0.39, 0.29) is 0 Å². The molecule has 0 spiro atoms. The van der Waals surface area contributed by atoms with Gasteiger partial charge in [0.25, 0.3) is 0 Å². The van der Waals surface area contributed by atoms with E-state index in [1.165, 1.54) is 25.7 Å². The van der Waals surface area contributed by atoms with Crippen molar-refractivity contribution < 1.29 is 0 Å². The van der Waals surface area contributed by atoms with E-state index in [1.54, 1.807) is 12.4 Å². The largest absolute Gasteiger partial charge is 0.367 e. The van der Waals surface area contributed by atoms with E-state index in [2.05, 4.69) is 32.7 Å². The minimum Gasteiger partial charge on any atom is -0.367 e. The summed E-state index contributed by atoms with van der Waals surface area (Å²) in [5.74, 6) is 6.62. The predicted octanol–water partition coefficient (Wildman–Crippen LogP) is 1.05. The molecule has 4 N–H and O–H groups in total. The van der Waals surface area contributed by atoms with Crippen molar-refractivity contribution in [3.8, 4) is 0 Å². The Morgan fingerprint density at radius 2 is 2.06 bits per heavy atom. The van der Waals surface area contributed by atoms with Crippen LogP contribution in [0.4, 0.5) is 11.6 Å². The second-order valence-electron chi connectivity index (χ2n) is 4.78. The smallest absolute Gasteiger partial charge is 0.160 e. The molecule has 1 heterocycles. The molecule has 0 aromatic carbocycles. The van der Waals surface area contributed by atoms with E-state index >= 15 is 0 Å². The molecule has 6 heteroatoms. The third kappa shape index (κ3) is 3.54. The molecule has 2 rings (SSSR count). The number of aromatic nitrogens is 2. The van der Waals surface area contributed by atoms with Gasteiger partial charge in [-0.3, -0.25) is 4.98 Å². The number of nitrogens with one attached hydrogen (secondary N) is 2. The summed E-state index contributed by atoms with van der Waals surface area (Å²) in [5, 5.41) is 3.26. The lowest BCUT2D eigenvalue weighted by atomic mass is 10.2. The quantitative estimate of drug-likeness (QED) is 0.517. The SMILES string of the molecule is CN(CCNc1cncc(NN)n1)C1CCCC1. The standard InChI is InChI=1S/C12H22N6/c1-18(10-4-2-3-5-10)7-6-15-11-8-14-9-12(16-11)17-13/h8-10H,2-7,13H2,1H3,(H2,15,16,17). The molecule has 1 fully saturated rings. The van der Waals surface area contributed by atoms with Gasteiger partial charge in [-0.1, -0.05) is 12.8 Å². The van der Waals surface area contributed by atoms with E-state index in [0.717, 1.165) is 24.9 Å². The molecular formula is C12H22N6. The first kappa shape index (κ1) is 13.0. The fourth-order valence-electron chi connectivity index (χ4n) is 2.41. The highest BCUT2D eigenvalue weighted by atomic mass is 15.3. The van der Waals surface area contributed by atoms with Gasteiger partial charge in [-0.15, -0.1) is 0 Å². The van der Waals surface area contributed by atoms with Gasteiger partial charge in [-0.2, -0.15) is 0 Å². The molecule has 0 saturated heterocycles. The van der Waals surface area contributed by atoms with Crippen molar-refractivity contribution in [1.82, 2.24) is 14.9 Å². The summed E-state index contributed by atoms with van der Waals surface area (Å²) in [4.78, 5) is 10.7. The molecule has 1 aliphatic rings. The van der Waals surface area contributed by atoms with Crippen LogP contribution in [0.1, 0.15) is 25.7 Å². The van der Waals surface area contributed by atoms with Crippen molar-refractivity contribution in [2.45, 2.75) is 31.7 Å². The summed E-state index contributed by atoms with van der Waals surface area (Å²) >= 11 is 0. The lowest BCUT2D eigenvalue weighted by Gasteiger charge is -2.24. The van der Waals surface area contributed by atoms with E-state index in [1.807, 2.05) is 0 Å². The molecule has 1 aromatic rings. The Bertz CT molecular complexity index is 363. The van der Waals surface area contributed by atoms with Crippen LogP contribution in [0.2, 0.25) is 0 Å². The number of rotatable bonds is 6. The third-order valence-corrected chi connectivity index (χ3v) is 3.50. The van der Waals surface area contributed by atoms with Gasteiger partial charge in [0.2, 0.25) is 0 Å². The summed E-state index contributed by atoms with van der Waals surface area (Å²) < 4.78 is 0. The summed E-state index contributed by atoms with van der Waals surface area (Å²) in [6, 6.07) is 0.759. The van der Waals surface area contributed by atoms with Crippen LogP contribution >= 0.6 is 0 Å². The predicted molar refractivity (Wildman–Crippen MR) is 73.2 cm³/mol. The number of likely N-dealkylation sites (N-methyl/N-ethyl adjacent to an activating group) is 1. The van der Waals surface area contributed by atoms with Gasteiger partial charge in [0, 0.05) is 19.1 Å². The molecule has 1 aromatic heterocycles. The number of hydrogen-bond acceptors (Lipinski definition) is 6. The van der Waals surface area contributed by atoms with Crippen LogP contribution < -0.4 is 16.6 Å². The third-order valence-electron chi connectivity index (χ3n) is 3.50. The van der Waals surface area contributed by atoms with E-state index in [0.29, 0.717) is 5.82 Å². The molecule has 18 heavy (non-hydrogen) atoms. The first-order valence-corrected chi connectivity index (χ1v) is 6.52. The lowest BCUT2D eigenvalue weighted by molar-refractivity contribution is 0.254. The second-order valence-corrected chi connectivity index (χ2v) is 4.78. The molecule has 1 saturated carbocycles. The Balaban J connectivity index is 1.73.